The van der Waals surface area contributed by atoms with Crippen molar-refractivity contribution in [2.75, 3.05) is 26.2 Å². The standard InChI is InChI=1S/C11H22N2O/c1-2-14-13-10-6-7-11(13)12-8-4-3-5-9-12/h11H,2-10H2,1H3. The molecule has 2 saturated heterocycles. The monoisotopic (exact) mass is 198 g/mol. The molecular formula is C11H22N2O. The second-order valence-electron chi connectivity index (χ2n) is 4.28. The minimum atomic E-state index is 0.579. The molecule has 0 aromatic heterocycles. The molecule has 1 atom stereocenters. The molecule has 0 aliphatic carbocycles. The highest BCUT2D eigenvalue weighted by Crippen LogP contribution is 2.23. The second kappa shape index (κ2) is 5.10. The summed E-state index contributed by atoms with van der Waals surface area (Å²) < 4.78 is 0. The first-order chi connectivity index (χ1) is 6.92. The summed E-state index contributed by atoms with van der Waals surface area (Å²) in [7, 11) is 0. The van der Waals surface area contributed by atoms with E-state index in [2.05, 4.69) is 16.9 Å². The molecule has 0 saturated carbocycles. The van der Waals surface area contributed by atoms with Crippen molar-refractivity contribution in [1.29, 1.82) is 0 Å². The third-order valence-electron chi connectivity index (χ3n) is 3.28. The van der Waals surface area contributed by atoms with Gasteiger partial charge in [-0.2, -0.15) is 5.06 Å². The Morgan fingerprint density at radius 2 is 1.86 bits per heavy atom. The Bertz CT molecular complexity index is 169. The maximum absolute atomic E-state index is 5.66. The lowest BCUT2D eigenvalue weighted by Gasteiger charge is -2.36. The van der Waals surface area contributed by atoms with E-state index in [1.165, 1.54) is 45.2 Å². The van der Waals surface area contributed by atoms with E-state index >= 15 is 0 Å². The molecule has 2 aliphatic heterocycles. The third kappa shape index (κ3) is 2.27. The Morgan fingerprint density at radius 1 is 1.07 bits per heavy atom. The lowest BCUT2D eigenvalue weighted by atomic mass is 10.1. The normalized spacial score (nSPS) is 31.1. The number of hydrogen-bond acceptors (Lipinski definition) is 3. The van der Waals surface area contributed by atoms with Gasteiger partial charge >= 0.3 is 0 Å². The van der Waals surface area contributed by atoms with Crippen molar-refractivity contribution < 1.29 is 4.84 Å². The van der Waals surface area contributed by atoms with Crippen LogP contribution in [0, 0.1) is 0 Å². The Morgan fingerprint density at radius 3 is 2.57 bits per heavy atom. The van der Waals surface area contributed by atoms with Gasteiger partial charge < -0.3 is 0 Å². The predicted molar refractivity (Wildman–Crippen MR) is 56.8 cm³/mol. The molecule has 82 valence electrons. The van der Waals surface area contributed by atoms with Crippen LogP contribution in [0.4, 0.5) is 0 Å². The van der Waals surface area contributed by atoms with E-state index in [1.54, 1.807) is 0 Å². The van der Waals surface area contributed by atoms with Crippen molar-refractivity contribution in [2.45, 2.75) is 45.2 Å². The quantitative estimate of drug-likeness (QED) is 0.688. The molecule has 0 aromatic carbocycles. The fourth-order valence-corrected chi connectivity index (χ4v) is 2.62. The van der Waals surface area contributed by atoms with E-state index in [0.29, 0.717) is 6.17 Å². The van der Waals surface area contributed by atoms with Crippen LogP contribution in [0.1, 0.15) is 39.0 Å². The van der Waals surface area contributed by atoms with E-state index < -0.39 is 0 Å². The molecule has 0 radical (unpaired) electrons. The average Bonchev–Trinajstić information content (AvgIpc) is 2.68. The maximum atomic E-state index is 5.66. The molecule has 2 heterocycles. The molecule has 0 spiro atoms. The van der Waals surface area contributed by atoms with Crippen molar-refractivity contribution in [3.05, 3.63) is 0 Å². The number of nitrogens with zero attached hydrogens (tertiary/aromatic N) is 2. The Labute approximate surface area is 87.0 Å². The smallest absolute Gasteiger partial charge is 0.0868 e. The predicted octanol–water partition coefficient (Wildman–Crippen LogP) is 1.85. The van der Waals surface area contributed by atoms with Crippen LogP contribution in [0.2, 0.25) is 0 Å². The van der Waals surface area contributed by atoms with E-state index in [-0.39, 0.29) is 0 Å². The summed E-state index contributed by atoms with van der Waals surface area (Å²) in [5.41, 5.74) is 0. The fraction of sp³-hybridized carbons (Fsp3) is 1.00. The Hall–Kier alpha value is -0.120. The molecule has 2 aliphatic rings. The Balaban J connectivity index is 1.87. The summed E-state index contributed by atoms with van der Waals surface area (Å²) >= 11 is 0. The van der Waals surface area contributed by atoms with Crippen LogP contribution >= 0.6 is 0 Å². The molecule has 0 bridgehead atoms. The van der Waals surface area contributed by atoms with Crippen LogP contribution < -0.4 is 0 Å². The maximum Gasteiger partial charge on any atom is 0.0868 e. The van der Waals surface area contributed by atoms with Crippen LogP contribution in [0.5, 0.6) is 0 Å². The van der Waals surface area contributed by atoms with Gasteiger partial charge in [0.1, 0.15) is 0 Å². The first kappa shape index (κ1) is 10.4. The summed E-state index contributed by atoms with van der Waals surface area (Å²) in [4.78, 5) is 8.26. The average molecular weight is 198 g/mol. The zero-order valence-electron chi connectivity index (χ0n) is 9.24. The van der Waals surface area contributed by atoms with Gasteiger partial charge in [-0.1, -0.05) is 6.42 Å². The largest absolute Gasteiger partial charge is 0.298 e. The number of hydroxylamine groups is 2. The molecule has 3 nitrogen and oxygen atoms in total. The van der Waals surface area contributed by atoms with Crippen LogP contribution in [-0.4, -0.2) is 42.4 Å². The van der Waals surface area contributed by atoms with Crippen molar-refractivity contribution in [3.63, 3.8) is 0 Å². The van der Waals surface area contributed by atoms with Crippen molar-refractivity contribution >= 4 is 0 Å². The summed E-state index contributed by atoms with van der Waals surface area (Å²) in [5.74, 6) is 0. The number of hydrogen-bond donors (Lipinski definition) is 0. The van der Waals surface area contributed by atoms with Crippen LogP contribution in [-0.2, 0) is 4.84 Å². The van der Waals surface area contributed by atoms with Gasteiger partial charge in [0.2, 0.25) is 0 Å². The molecule has 0 aromatic rings. The molecule has 1 unspecified atom stereocenters. The highest BCUT2D eigenvalue weighted by Gasteiger charge is 2.30. The fourth-order valence-electron chi connectivity index (χ4n) is 2.62. The summed E-state index contributed by atoms with van der Waals surface area (Å²) in [6.07, 6.45) is 7.32. The van der Waals surface area contributed by atoms with Crippen molar-refractivity contribution in [2.24, 2.45) is 0 Å². The van der Waals surface area contributed by atoms with E-state index in [9.17, 15) is 0 Å². The van der Waals surface area contributed by atoms with Crippen LogP contribution in [0.25, 0.3) is 0 Å². The number of likely N-dealkylation sites (tertiary alicyclic amines) is 1. The third-order valence-corrected chi connectivity index (χ3v) is 3.28. The van der Waals surface area contributed by atoms with Gasteiger partial charge in [-0.15, -0.1) is 0 Å². The molecular weight excluding hydrogens is 176 g/mol. The lowest BCUT2D eigenvalue weighted by molar-refractivity contribution is -0.198. The van der Waals surface area contributed by atoms with Gasteiger partial charge in [0, 0.05) is 6.54 Å². The first-order valence-electron chi connectivity index (χ1n) is 6.05. The summed E-state index contributed by atoms with van der Waals surface area (Å²) in [5, 5.41) is 2.20. The van der Waals surface area contributed by atoms with E-state index in [0.717, 1.165) is 13.2 Å². The molecule has 0 N–H and O–H groups in total. The lowest BCUT2D eigenvalue weighted by Crippen LogP contribution is -2.46. The topological polar surface area (TPSA) is 15.7 Å². The second-order valence-corrected chi connectivity index (χ2v) is 4.28. The van der Waals surface area contributed by atoms with Gasteiger partial charge in [0.15, 0.2) is 0 Å². The van der Waals surface area contributed by atoms with Crippen molar-refractivity contribution in [1.82, 2.24) is 9.96 Å². The zero-order valence-corrected chi connectivity index (χ0v) is 9.24. The number of rotatable bonds is 3. The SMILES string of the molecule is CCON1CCCC1N1CCCCC1. The molecule has 2 rings (SSSR count). The minimum absolute atomic E-state index is 0.579. The highest BCUT2D eigenvalue weighted by atomic mass is 16.7. The zero-order chi connectivity index (χ0) is 9.80. The van der Waals surface area contributed by atoms with Crippen LogP contribution in [0.3, 0.4) is 0 Å². The molecule has 14 heavy (non-hydrogen) atoms. The molecule has 0 amide bonds. The van der Waals surface area contributed by atoms with Gasteiger partial charge in [0.05, 0.1) is 12.8 Å². The molecule has 2 fully saturated rings. The Kier molecular flexibility index (Phi) is 3.79. The van der Waals surface area contributed by atoms with Crippen LogP contribution in [0.15, 0.2) is 0 Å². The minimum Gasteiger partial charge on any atom is -0.298 e. The van der Waals surface area contributed by atoms with Gasteiger partial charge in [-0.25, -0.2) is 0 Å². The van der Waals surface area contributed by atoms with Gasteiger partial charge in [-0.3, -0.25) is 9.74 Å². The van der Waals surface area contributed by atoms with E-state index in [4.69, 9.17) is 4.84 Å². The highest BCUT2D eigenvalue weighted by molar-refractivity contribution is 4.77. The first-order valence-corrected chi connectivity index (χ1v) is 6.05. The summed E-state index contributed by atoms with van der Waals surface area (Å²) in [6.45, 7) is 6.55. The molecule has 3 heteroatoms. The van der Waals surface area contributed by atoms with Gasteiger partial charge in [0.25, 0.3) is 0 Å². The van der Waals surface area contributed by atoms with Gasteiger partial charge in [-0.05, 0) is 45.7 Å². The van der Waals surface area contributed by atoms with E-state index in [1.807, 2.05) is 0 Å². The summed E-state index contributed by atoms with van der Waals surface area (Å²) in [6, 6.07) is 0. The van der Waals surface area contributed by atoms with Crippen molar-refractivity contribution in [3.8, 4) is 0 Å². The number of piperidine rings is 1.